The fourth-order valence-electron chi connectivity index (χ4n) is 1.68. The summed E-state index contributed by atoms with van der Waals surface area (Å²) in [7, 11) is 0. The number of thioether (sulfide) groups is 1. The number of pyridine rings is 2. The Balaban J connectivity index is 2.02. The zero-order chi connectivity index (χ0) is 12.1. The van der Waals surface area contributed by atoms with Gasteiger partial charge in [-0.25, -0.2) is 0 Å². The molecule has 0 radical (unpaired) electrons. The van der Waals surface area contributed by atoms with Crippen molar-refractivity contribution in [3.63, 3.8) is 0 Å². The van der Waals surface area contributed by atoms with E-state index in [1.807, 2.05) is 48.4 Å². The van der Waals surface area contributed by atoms with Gasteiger partial charge in [-0.15, -0.1) is 11.8 Å². The van der Waals surface area contributed by atoms with Crippen molar-refractivity contribution in [2.45, 2.75) is 24.3 Å². The van der Waals surface area contributed by atoms with E-state index in [-0.39, 0.29) is 0 Å². The van der Waals surface area contributed by atoms with Crippen molar-refractivity contribution < 1.29 is 0 Å². The van der Waals surface area contributed by atoms with Crippen molar-refractivity contribution in [2.24, 2.45) is 0 Å². The lowest BCUT2D eigenvalue weighted by Crippen LogP contribution is -1.97. The summed E-state index contributed by atoms with van der Waals surface area (Å²) in [5, 5.41) is 0.765. The quantitative estimate of drug-likeness (QED) is 0.812. The molecule has 0 aromatic carbocycles. The molecule has 2 heterocycles. The molecule has 2 atom stereocenters. The summed E-state index contributed by atoms with van der Waals surface area (Å²) in [4.78, 5) is 8.77. The summed E-state index contributed by atoms with van der Waals surface area (Å²) in [6, 6.07) is 12.1. The number of aromatic nitrogens is 2. The van der Waals surface area contributed by atoms with Gasteiger partial charge >= 0.3 is 0 Å². The minimum absolute atomic E-state index is 0.383. The standard InChI is InChI=1S/C14H16N2S/c1-11(13-7-3-5-9-15-13)17-12(2)14-8-4-6-10-16-14/h3-12H,1-2H3/t11-,12-/m1/s1. The molecule has 0 aliphatic carbocycles. The van der Waals surface area contributed by atoms with Crippen LogP contribution in [0.5, 0.6) is 0 Å². The van der Waals surface area contributed by atoms with Gasteiger partial charge in [-0.1, -0.05) is 12.1 Å². The number of rotatable bonds is 4. The minimum atomic E-state index is 0.383. The van der Waals surface area contributed by atoms with Crippen LogP contribution in [0.4, 0.5) is 0 Å². The first-order chi connectivity index (χ1) is 8.27. The van der Waals surface area contributed by atoms with Gasteiger partial charge in [0.05, 0.1) is 11.4 Å². The molecule has 0 spiro atoms. The lowest BCUT2D eigenvalue weighted by atomic mass is 10.3. The van der Waals surface area contributed by atoms with Crippen molar-refractivity contribution in [3.05, 3.63) is 60.2 Å². The number of hydrogen-bond donors (Lipinski definition) is 0. The first-order valence-electron chi connectivity index (χ1n) is 5.74. The van der Waals surface area contributed by atoms with Crippen LogP contribution in [0.2, 0.25) is 0 Å². The van der Waals surface area contributed by atoms with Gasteiger partial charge in [0.25, 0.3) is 0 Å². The summed E-state index contributed by atoms with van der Waals surface area (Å²) in [6.07, 6.45) is 3.69. The van der Waals surface area contributed by atoms with Crippen LogP contribution in [0.15, 0.2) is 48.8 Å². The Kier molecular flexibility index (Phi) is 4.15. The lowest BCUT2D eigenvalue weighted by molar-refractivity contribution is 0.958. The van der Waals surface area contributed by atoms with Crippen molar-refractivity contribution in [1.82, 2.24) is 9.97 Å². The zero-order valence-corrected chi connectivity index (χ0v) is 10.9. The SMILES string of the molecule is C[C@@H](S[C@H](C)c1ccccn1)c1ccccn1. The molecular formula is C14H16N2S. The van der Waals surface area contributed by atoms with Gasteiger partial charge in [-0.2, -0.15) is 0 Å². The van der Waals surface area contributed by atoms with Crippen LogP contribution >= 0.6 is 11.8 Å². The third kappa shape index (κ3) is 3.30. The number of nitrogens with zero attached hydrogens (tertiary/aromatic N) is 2. The normalized spacial score (nSPS) is 14.2. The molecule has 0 N–H and O–H groups in total. The van der Waals surface area contributed by atoms with E-state index in [4.69, 9.17) is 0 Å². The Hall–Kier alpha value is -1.35. The van der Waals surface area contributed by atoms with Crippen LogP contribution in [-0.4, -0.2) is 9.97 Å². The van der Waals surface area contributed by atoms with Gasteiger partial charge in [0, 0.05) is 22.9 Å². The Morgan fingerprint density at radius 2 is 1.29 bits per heavy atom. The zero-order valence-electron chi connectivity index (χ0n) is 10.1. The Morgan fingerprint density at radius 3 is 1.65 bits per heavy atom. The molecule has 2 rings (SSSR count). The second-order valence-corrected chi connectivity index (χ2v) is 5.62. The first-order valence-corrected chi connectivity index (χ1v) is 6.69. The summed E-state index contributed by atoms with van der Waals surface area (Å²) in [5.41, 5.74) is 2.25. The van der Waals surface area contributed by atoms with E-state index in [2.05, 4.69) is 35.9 Å². The first kappa shape index (κ1) is 12.1. The van der Waals surface area contributed by atoms with Gasteiger partial charge in [-0.05, 0) is 38.1 Å². The molecule has 0 saturated heterocycles. The van der Waals surface area contributed by atoms with E-state index >= 15 is 0 Å². The van der Waals surface area contributed by atoms with Gasteiger partial charge in [0.2, 0.25) is 0 Å². The molecular weight excluding hydrogens is 228 g/mol. The molecule has 17 heavy (non-hydrogen) atoms. The van der Waals surface area contributed by atoms with E-state index in [0.717, 1.165) is 11.4 Å². The van der Waals surface area contributed by atoms with Crippen LogP contribution < -0.4 is 0 Å². The maximum atomic E-state index is 4.38. The monoisotopic (exact) mass is 244 g/mol. The molecule has 2 nitrogen and oxygen atoms in total. The van der Waals surface area contributed by atoms with Crippen molar-refractivity contribution in [2.75, 3.05) is 0 Å². The lowest BCUT2D eigenvalue weighted by Gasteiger charge is -2.16. The second kappa shape index (κ2) is 5.82. The maximum absolute atomic E-state index is 4.38. The van der Waals surface area contributed by atoms with E-state index in [0.29, 0.717) is 10.5 Å². The molecule has 3 heteroatoms. The second-order valence-electron chi connectivity index (χ2n) is 3.93. The van der Waals surface area contributed by atoms with Gasteiger partial charge in [-0.3, -0.25) is 9.97 Å². The van der Waals surface area contributed by atoms with Crippen LogP contribution in [0.3, 0.4) is 0 Å². The number of hydrogen-bond acceptors (Lipinski definition) is 3. The summed E-state index contributed by atoms with van der Waals surface area (Å²) in [5.74, 6) is 0. The van der Waals surface area contributed by atoms with Gasteiger partial charge in [0.15, 0.2) is 0 Å². The van der Waals surface area contributed by atoms with Crippen molar-refractivity contribution >= 4 is 11.8 Å². The molecule has 0 saturated carbocycles. The van der Waals surface area contributed by atoms with E-state index in [9.17, 15) is 0 Å². The average molecular weight is 244 g/mol. The topological polar surface area (TPSA) is 25.8 Å². The van der Waals surface area contributed by atoms with Crippen molar-refractivity contribution in [3.8, 4) is 0 Å². The fraction of sp³-hybridized carbons (Fsp3) is 0.286. The molecule has 2 aromatic heterocycles. The highest BCUT2D eigenvalue weighted by Gasteiger charge is 2.14. The maximum Gasteiger partial charge on any atom is 0.0531 e. The Morgan fingerprint density at radius 1 is 0.824 bits per heavy atom. The molecule has 0 aliphatic rings. The van der Waals surface area contributed by atoms with Crippen LogP contribution in [0.1, 0.15) is 35.7 Å². The largest absolute Gasteiger partial charge is 0.260 e. The minimum Gasteiger partial charge on any atom is -0.260 e. The predicted octanol–water partition coefficient (Wildman–Crippen LogP) is 4.03. The summed E-state index contributed by atoms with van der Waals surface area (Å²) in [6.45, 7) is 4.37. The van der Waals surface area contributed by atoms with E-state index < -0.39 is 0 Å². The fourth-order valence-corrected chi connectivity index (χ4v) is 2.85. The molecule has 0 aliphatic heterocycles. The molecule has 0 fully saturated rings. The summed E-state index contributed by atoms with van der Waals surface area (Å²) < 4.78 is 0. The smallest absolute Gasteiger partial charge is 0.0531 e. The summed E-state index contributed by atoms with van der Waals surface area (Å²) >= 11 is 1.88. The van der Waals surface area contributed by atoms with Crippen LogP contribution in [0.25, 0.3) is 0 Å². The van der Waals surface area contributed by atoms with E-state index in [1.54, 1.807) is 0 Å². The van der Waals surface area contributed by atoms with Gasteiger partial charge in [0.1, 0.15) is 0 Å². The molecule has 2 aromatic rings. The Labute approximate surface area is 107 Å². The van der Waals surface area contributed by atoms with Crippen LogP contribution in [0, 0.1) is 0 Å². The molecule has 0 unspecified atom stereocenters. The predicted molar refractivity (Wildman–Crippen MR) is 72.9 cm³/mol. The van der Waals surface area contributed by atoms with E-state index in [1.165, 1.54) is 0 Å². The highest BCUT2D eigenvalue weighted by Crippen LogP contribution is 2.38. The average Bonchev–Trinajstić information content (AvgIpc) is 2.40. The molecule has 88 valence electrons. The Bertz CT molecular complexity index is 401. The highest BCUT2D eigenvalue weighted by molar-refractivity contribution is 7.99. The third-order valence-electron chi connectivity index (χ3n) is 2.62. The van der Waals surface area contributed by atoms with Crippen molar-refractivity contribution in [1.29, 1.82) is 0 Å². The molecule has 0 bridgehead atoms. The van der Waals surface area contributed by atoms with Gasteiger partial charge < -0.3 is 0 Å². The molecule has 0 amide bonds. The third-order valence-corrected chi connectivity index (χ3v) is 3.92. The van der Waals surface area contributed by atoms with Crippen LogP contribution in [-0.2, 0) is 0 Å². The highest BCUT2D eigenvalue weighted by atomic mass is 32.2.